The van der Waals surface area contributed by atoms with Crippen molar-refractivity contribution in [2.75, 3.05) is 19.5 Å². The van der Waals surface area contributed by atoms with Gasteiger partial charge in [0.2, 0.25) is 0 Å². The molecule has 0 amide bonds. The normalized spacial score (nSPS) is 14.6. The average molecular weight is 337 g/mol. The van der Waals surface area contributed by atoms with Gasteiger partial charge < -0.3 is 14.6 Å². The predicted octanol–water partition coefficient (Wildman–Crippen LogP) is 2.60. The molecule has 0 saturated carbocycles. The Morgan fingerprint density at radius 1 is 1.19 bits per heavy atom. The van der Waals surface area contributed by atoms with Gasteiger partial charge in [0.25, 0.3) is 0 Å². The summed E-state index contributed by atoms with van der Waals surface area (Å²) in [6, 6.07) is 3.06. The standard InChI is InChI=1S/C14H21ClO5S/c1-5-19-12-7-10(11(15)8-13(12)20-6-2)14(16)9(3)21(4,17)18/h7-9,14,16H,5-6H2,1-4H3. The van der Waals surface area contributed by atoms with Crippen LogP contribution >= 0.6 is 11.6 Å². The molecule has 0 saturated heterocycles. The molecule has 0 aliphatic heterocycles. The molecule has 0 heterocycles. The first-order valence-electron chi connectivity index (χ1n) is 6.68. The van der Waals surface area contributed by atoms with Gasteiger partial charge in [-0.25, -0.2) is 8.42 Å². The van der Waals surface area contributed by atoms with Gasteiger partial charge in [0.15, 0.2) is 21.3 Å². The number of hydrogen-bond acceptors (Lipinski definition) is 5. The molecule has 0 aliphatic rings. The molecule has 21 heavy (non-hydrogen) atoms. The summed E-state index contributed by atoms with van der Waals surface area (Å²) in [5.41, 5.74) is 0.307. The fourth-order valence-electron chi connectivity index (χ4n) is 1.80. The van der Waals surface area contributed by atoms with Gasteiger partial charge in [-0.3, -0.25) is 0 Å². The van der Waals surface area contributed by atoms with Crippen molar-refractivity contribution in [1.29, 1.82) is 0 Å². The van der Waals surface area contributed by atoms with E-state index in [9.17, 15) is 13.5 Å². The molecule has 7 heteroatoms. The molecule has 2 atom stereocenters. The molecule has 0 spiro atoms. The van der Waals surface area contributed by atoms with Crippen molar-refractivity contribution in [3.63, 3.8) is 0 Å². The second-order valence-corrected chi connectivity index (χ2v) is 7.48. The van der Waals surface area contributed by atoms with E-state index in [-0.39, 0.29) is 5.02 Å². The highest BCUT2D eigenvalue weighted by atomic mass is 35.5. The smallest absolute Gasteiger partial charge is 0.162 e. The summed E-state index contributed by atoms with van der Waals surface area (Å²) in [6.45, 7) is 5.95. The number of benzene rings is 1. The summed E-state index contributed by atoms with van der Waals surface area (Å²) in [7, 11) is -3.39. The first-order valence-corrected chi connectivity index (χ1v) is 9.01. The minimum absolute atomic E-state index is 0.241. The fourth-order valence-corrected chi connectivity index (χ4v) is 2.68. The molecular weight excluding hydrogens is 316 g/mol. The molecule has 1 aromatic carbocycles. The van der Waals surface area contributed by atoms with E-state index >= 15 is 0 Å². The van der Waals surface area contributed by atoms with Crippen molar-refractivity contribution in [3.8, 4) is 11.5 Å². The highest BCUT2D eigenvalue weighted by molar-refractivity contribution is 7.91. The SMILES string of the molecule is CCOc1cc(Cl)c(C(O)C(C)S(C)(=O)=O)cc1OCC. The van der Waals surface area contributed by atoms with Crippen LogP contribution in [0.3, 0.4) is 0 Å². The Labute approximate surface area is 130 Å². The number of aliphatic hydroxyl groups excluding tert-OH is 1. The van der Waals surface area contributed by atoms with Crippen LogP contribution in [0.2, 0.25) is 5.02 Å². The monoisotopic (exact) mass is 336 g/mol. The summed E-state index contributed by atoms with van der Waals surface area (Å²) in [5, 5.41) is 9.53. The van der Waals surface area contributed by atoms with Crippen LogP contribution in [0, 0.1) is 0 Å². The Balaban J connectivity index is 3.27. The number of rotatable bonds is 7. The van der Waals surface area contributed by atoms with Crippen molar-refractivity contribution in [2.24, 2.45) is 0 Å². The van der Waals surface area contributed by atoms with E-state index in [1.165, 1.54) is 19.1 Å². The zero-order valence-corrected chi connectivity index (χ0v) is 14.2. The quantitative estimate of drug-likeness (QED) is 0.828. The van der Waals surface area contributed by atoms with Crippen LogP contribution in [0.25, 0.3) is 0 Å². The van der Waals surface area contributed by atoms with Crippen LogP contribution in [0.5, 0.6) is 11.5 Å². The van der Waals surface area contributed by atoms with Crippen molar-refractivity contribution >= 4 is 21.4 Å². The zero-order valence-electron chi connectivity index (χ0n) is 12.6. The molecule has 0 aromatic heterocycles. The maximum Gasteiger partial charge on any atom is 0.162 e. The third kappa shape index (κ3) is 4.49. The van der Waals surface area contributed by atoms with E-state index in [0.717, 1.165) is 6.26 Å². The molecular formula is C14H21ClO5S. The van der Waals surface area contributed by atoms with Crippen molar-refractivity contribution < 1.29 is 23.0 Å². The third-order valence-corrected chi connectivity index (χ3v) is 5.04. The molecule has 0 fully saturated rings. The van der Waals surface area contributed by atoms with Crippen molar-refractivity contribution in [1.82, 2.24) is 0 Å². The predicted molar refractivity (Wildman–Crippen MR) is 83.1 cm³/mol. The molecule has 0 radical (unpaired) electrons. The summed E-state index contributed by atoms with van der Waals surface area (Å²) in [4.78, 5) is 0. The van der Waals surface area contributed by atoms with Crippen LogP contribution in [-0.4, -0.2) is 38.2 Å². The Morgan fingerprint density at radius 2 is 1.67 bits per heavy atom. The minimum Gasteiger partial charge on any atom is -0.490 e. The summed E-state index contributed by atoms with van der Waals surface area (Å²) in [5.74, 6) is 0.894. The Hall–Kier alpha value is -0.980. The lowest BCUT2D eigenvalue weighted by Gasteiger charge is -2.21. The minimum atomic E-state index is -3.39. The maximum absolute atomic E-state index is 11.6. The second kappa shape index (κ2) is 7.33. The molecule has 1 rings (SSSR count). The lowest BCUT2D eigenvalue weighted by atomic mass is 10.1. The van der Waals surface area contributed by atoms with E-state index in [4.69, 9.17) is 21.1 Å². The van der Waals surface area contributed by atoms with Crippen LogP contribution < -0.4 is 9.47 Å². The first-order chi connectivity index (χ1) is 9.72. The van der Waals surface area contributed by atoms with Gasteiger partial charge in [-0.05, 0) is 26.8 Å². The summed E-state index contributed by atoms with van der Waals surface area (Å²) >= 11 is 6.14. The molecule has 120 valence electrons. The van der Waals surface area contributed by atoms with E-state index in [1.807, 2.05) is 13.8 Å². The van der Waals surface area contributed by atoms with Gasteiger partial charge in [-0.2, -0.15) is 0 Å². The van der Waals surface area contributed by atoms with Crippen molar-refractivity contribution in [3.05, 3.63) is 22.7 Å². The topological polar surface area (TPSA) is 72.8 Å². The van der Waals surface area contributed by atoms with Gasteiger partial charge in [0.1, 0.15) is 0 Å². The lowest BCUT2D eigenvalue weighted by molar-refractivity contribution is 0.175. The van der Waals surface area contributed by atoms with Crippen LogP contribution in [0.1, 0.15) is 32.4 Å². The molecule has 0 aliphatic carbocycles. The maximum atomic E-state index is 11.6. The highest BCUT2D eigenvalue weighted by Crippen LogP contribution is 2.38. The van der Waals surface area contributed by atoms with Crippen LogP contribution in [-0.2, 0) is 9.84 Å². The first kappa shape index (κ1) is 18.1. The second-order valence-electron chi connectivity index (χ2n) is 4.67. The largest absolute Gasteiger partial charge is 0.490 e. The van der Waals surface area contributed by atoms with Crippen molar-refractivity contribution in [2.45, 2.75) is 32.1 Å². The molecule has 1 aromatic rings. The van der Waals surface area contributed by atoms with Gasteiger partial charge in [0, 0.05) is 17.9 Å². The zero-order chi connectivity index (χ0) is 16.2. The number of ether oxygens (including phenoxy) is 2. The molecule has 1 N–H and O–H groups in total. The molecule has 2 unspecified atom stereocenters. The molecule has 5 nitrogen and oxygen atoms in total. The summed E-state index contributed by atoms with van der Waals surface area (Å²) in [6.07, 6.45) is -0.158. The van der Waals surface area contributed by atoms with Crippen LogP contribution in [0.15, 0.2) is 12.1 Å². The van der Waals surface area contributed by atoms with E-state index < -0.39 is 21.2 Å². The third-order valence-electron chi connectivity index (χ3n) is 3.10. The highest BCUT2D eigenvalue weighted by Gasteiger charge is 2.28. The van der Waals surface area contributed by atoms with Crippen LogP contribution in [0.4, 0.5) is 0 Å². The molecule has 0 bridgehead atoms. The van der Waals surface area contributed by atoms with E-state index in [2.05, 4.69) is 0 Å². The number of sulfone groups is 1. The lowest BCUT2D eigenvalue weighted by Crippen LogP contribution is -2.24. The Kier molecular flexibility index (Phi) is 6.31. The number of hydrogen-bond donors (Lipinski definition) is 1. The van der Waals surface area contributed by atoms with E-state index in [1.54, 1.807) is 0 Å². The van der Waals surface area contributed by atoms with Gasteiger partial charge in [0.05, 0.1) is 29.6 Å². The van der Waals surface area contributed by atoms with Gasteiger partial charge in [-0.1, -0.05) is 11.6 Å². The van der Waals surface area contributed by atoms with Gasteiger partial charge in [-0.15, -0.1) is 0 Å². The average Bonchev–Trinajstić information content (AvgIpc) is 2.39. The fraction of sp³-hybridized carbons (Fsp3) is 0.571. The van der Waals surface area contributed by atoms with E-state index in [0.29, 0.717) is 30.3 Å². The Morgan fingerprint density at radius 3 is 2.10 bits per heavy atom. The summed E-state index contributed by atoms with van der Waals surface area (Å²) < 4.78 is 34.0. The number of halogens is 1. The number of aliphatic hydroxyl groups is 1. The Bertz CT molecular complexity index is 585. The van der Waals surface area contributed by atoms with Gasteiger partial charge >= 0.3 is 0 Å².